The van der Waals surface area contributed by atoms with Crippen LogP contribution in [0, 0.1) is 6.92 Å². The zero-order chi connectivity index (χ0) is 18.0. The molecule has 1 aliphatic rings. The van der Waals surface area contributed by atoms with E-state index in [4.69, 9.17) is 14.3 Å². The van der Waals surface area contributed by atoms with Gasteiger partial charge in [-0.1, -0.05) is 29.8 Å². The summed E-state index contributed by atoms with van der Waals surface area (Å²) in [5.41, 5.74) is 2.04. The molecule has 2 aromatic rings. The van der Waals surface area contributed by atoms with Crippen LogP contribution in [0.5, 0.6) is 0 Å². The number of hydrogen-bond donors (Lipinski definition) is 1. The van der Waals surface area contributed by atoms with E-state index in [1.807, 2.05) is 31.2 Å². The number of methoxy groups -OCH3 is 1. The van der Waals surface area contributed by atoms with Crippen LogP contribution in [-0.4, -0.2) is 52.7 Å². The number of aromatic nitrogens is 1. The molecule has 0 saturated carbocycles. The quantitative estimate of drug-likeness (QED) is 0.895. The first kappa shape index (κ1) is 17.2. The van der Waals surface area contributed by atoms with Crippen LogP contribution in [0.1, 0.15) is 28.9 Å². The molecule has 1 aliphatic heterocycles. The molecule has 25 heavy (non-hydrogen) atoms. The second-order valence-corrected chi connectivity index (χ2v) is 6.20. The molecule has 0 radical (unpaired) electrons. The Morgan fingerprint density at radius 3 is 2.72 bits per heavy atom. The maximum Gasteiger partial charge on any atom is 0.305 e. The van der Waals surface area contributed by atoms with Crippen LogP contribution in [0.15, 0.2) is 35.1 Å². The lowest BCUT2D eigenvalue weighted by Gasteiger charge is -2.22. The molecule has 0 aliphatic carbocycles. The first-order chi connectivity index (χ1) is 12.0. The number of nitrogens with zero attached hydrogens (tertiary/aromatic N) is 2. The van der Waals surface area contributed by atoms with Crippen molar-refractivity contribution in [2.75, 3.05) is 13.7 Å². The molecular formula is C18H20N2O5. The number of aryl methyl sites for hydroxylation is 1. The lowest BCUT2D eigenvalue weighted by molar-refractivity contribution is -0.138. The normalized spacial score (nSPS) is 20.0. The van der Waals surface area contributed by atoms with Crippen molar-refractivity contribution in [3.8, 4) is 11.3 Å². The molecule has 2 atom stereocenters. The SMILES string of the molecule is COC1CC(CC(=O)O)N(C(=O)c2ncoc2-c2ccc(C)cc2)C1. The number of likely N-dealkylation sites (tertiary alicyclic amines) is 1. The van der Waals surface area contributed by atoms with Crippen LogP contribution in [0.2, 0.25) is 0 Å². The van der Waals surface area contributed by atoms with Gasteiger partial charge in [0.2, 0.25) is 0 Å². The minimum atomic E-state index is -0.946. The van der Waals surface area contributed by atoms with E-state index in [9.17, 15) is 9.59 Å². The van der Waals surface area contributed by atoms with E-state index in [-0.39, 0.29) is 24.1 Å². The van der Waals surface area contributed by atoms with Gasteiger partial charge in [-0.2, -0.15) is 0 Å². The van der Waals surface area contributed by atoms with E-state index in [0.29, 0.717) is 18.7 Å². The molecule has 1 aromatic heterocycles. The van der Waals surface area contributed by atoms with Crippen LogP contribution >= 0.6 is 0 Å². The van der Waals surface area contributed by atoms with Crippen LogP contribution in [-0.2, 0) is 9.53 Å². The number of carbonyl (C=O) groups is 2. The van der Waals surface area contributed by atoms with Crippen molar-refractivity contribution in [1.82, 2.24) is 9.88 Å². The van der Waals surface area contributed by atoms with E-state index < -0.39 is 12.0 Å². The predicted octanol–water partition coefficient (Wildman–Crippen LogP) is 2.35. The van der Waals surface area contributed by atoms with E-state index in [1.54, 1.807) is 7.11 Å². The fourth-order valence-electron chi connectivity index (χ4n) is 3.13. The van der Waals surface area contributed by atoms with Gasteiger partial charge >= 0.3 is 5.97 Å². The van der Waals surface area contributed by atoms with Crippen LogP contribution in [0.4, 0.5) is 0 Å². The summed E-state index contributed by atoms with van der Waals surface area (Å²) in [4.78, 5) is 29.7. The lowest BCUT2D eigenvalue weighted by atomic mass is 10.1. The molecule has 7 heteroatoms. The molecule has 1 saturated heterocycles. The van der Waals surface area contributed by atoms with Gasteiger partial charge in [-0.15, -0.1) is 0 Å². The Kier molecular flexibility index (Phi) is 4.85. The van der Waals surface area contributed by atoms with Crippen molar-refractivity contribution >= 4 is 11.9 Å². The molecule has 2 unspecified atom stereocenters. The predicted molar refractivity (Wildman–Crippen MR) is 89.2 cm³/mol. The maximum absolute atomic E-state index is 13.0. The van der Waals surface area contributed by atoms with Gasteiger partial charge in [0.15, 0.2) is 17.8 Å². The highest BCUT2D eigenvalue weighted by Crippen LogP contribution is 2.29. The number of rotatable bonds is 5. The fraction of sp³-hybridized carbons (Fsp3) is 0.389. The van der Waals surface area contributed by atoms with Gasteiger partial charge in [-0.05, 0) is 13.3 Å². The molecule has 132 valence electrons. The number of benzene rings is 1. The summed E-state index contributed by atoms with van der Waals surface area (Å²) in [6.45, 7) is 2.31. The smallest absolute Gasteiger partial charge is 0.305 e. The van der Waals surface area contributed by atoms with E-state index >= 15 is 0 Å². The summed E-state index contributed by atoms with van der Waals surface area (Å²) < 4.78 is 10.8. The van der Waals surface area contributed by atoms with Gasteiger partial charge < -0.3 is 19.2 Å². The minimum Gasteiger partial charge on any atom is -0.481 e. The lowest BCUT2D eigenvalue weighted by Crippen LogP contribution is -2.37. The van der Waals surface area contributed by atoms with Crippen molar-refractivity contribution < 1.29 is 23.8 Å². The Balaban J connectivity index is 1.89. The molecule has 1 fully saturated rings. The largest absolute Gasteiger partial charge is 0.481 e. The third-order valence-electron chi connectivity index (χ3n) is 4.46. The zero-order valence-corrected chi connectivity index (χ0v) is 14.1. The summed E-state index contributed by atoms with van der Waals surface area (Å²) in [6.07, 6.45) is 1.43. The van der Waals surface area contributed by atoms with Gasteiger partial charge in [0.05, 0.1) is 12.5 Å². The van der Waals surface area contributed by atoms with Crippen molar-refractivity contribution in [3.63, 3.8) is 0 Å². The highest BCUT2D eigenvalue weighted by atomic mass is 16.5. The molecule has 7 nitrogen and oxygen atoms in total. The topological polar surface area (TPSA) is 92.9 Å². The van der Waals surface area contributed by atoms with E-state index in [2.05, 4.69) is 4.98 Å². The number of aliphatic carboxylic acids is 1. The highest BCUT2D eigenvalue weighted by molar-refractivity contribution is 5.98. The fourth-order valence-corrected chi connectivity index (χ4v) is 3.13. The van der Waals surface area contributed by atoms with Crippen molar-refractivity contribution in [3.05, 3.63) is 41.9 Å². The van der Waals surface area contributed by atoms with E-state index in [0.717, 1.165) is 11.1 Å². The van der Waals surface area contributed by atoms with Crippen LogP contribution in [0.25, 0.3) is 11.3 Å². The van der Waals surface area contributed by atoms with Crippen molar-refractivity contribution in [2.24, 2.45) is 0 Å². The Bertz CT molecular complexity index is 768. The zero-order valence-electron chi connectivity index (χ0n) is 14.1. The van der Waals surface area contributed by atoms with Gasteiger partial charge in [0.25, 0.3) is 5.91 Å². The Hall–Kier alpha value is -2.67. The number of carboxylic acids is 1. The first-order valence-electron chi connectivity index (χ1n) is 8.05. The minimum absolute atomic E-state index is 0.122. The molecule has 0 bridgehead atoms. The summed E-state index contributed by atoms with van der Waals surface area (Å²) in [6, 6.07) is 7.16. The second-order valence-electron chi connectivity index (χ2n) is 6.20. The molecular weight excluding hydrogens is 324 g/mol. The Morgan fingerprint density at radius 2 is 2.08 bits per heavy atom. The third kappa shape index (κ3) is 3.56. The second kappa shape index (κ2) is 7.06. The molecule has 1 aromatic carbocycles. The summed E-state index contributed by atoms with van der Waals surface area (Å²) in [5.74, 6) is -0.895. The van der Waals surface area contributed by atoms with Crippen molar-refractivity contribution in [1.29, 1.82) is 0 Å². The summed E-state index contributed by atoms with van der Waals surface area (Å²) in [5, 5.41) is 9.11. The van der Waals surface area contributed by atoms with Gasteiger partial charge in [-0.25, -0.2) is 4.98 Å². The average Bonchev–Trinajstić information content (AvgIpc) is 3.21. The molecule has 1 amide bonds. The van der Waals surface area contributed by atoms with Crippen molar-refractivity contribution in [2.45, 2.75) is 31.9 Å². The van der Waals surface area contributed by atoms with Gasteiger partial charge in [-0.3, -0.25) is 9.59 Å². The summed E-state index contributed by atoms with van der Waals surface area (Å²) in [7, 11) is 1.56. The molecule has 3 rings (SSSR count). The van der Waals surface area contributed by atoms with Gasteiger partial charge in [0.1, 0.15) is 0 Å². The Morgan fingerprint density at radius 1 is 1.36 bits per heavy atom. The van der Waals surface area contributed by atoms with Crippen LogP contribution in [0.3, 0.4) is 0 Å². The number of oxazole rings is 1. The van der Waals surface area contributed by atoms with Gasteiger partial charge in [0, 0.05) is 25.3 Å². The average molecular weight is 344 g/mol. The number of amides is 1. The third-order valence-corrected chi connectivity index (χ3v) is 4.46. The number of hydrogen-bond acceptors (Lipinski definition) is 5. The van der Waals surface area contributed by atoms with Crippen LogP contribution < -0.4 is 0 Å². The number of carboxylic acid groups (broad SMARTS) is 1. The molecule has 0 spiro atoms. The molecule has 2 heterocycles. The number of carbonyl (C=O) groups excluding carboxylic acids is 1. The first-order valence-corrected chi connectivity index (χ1v) is 8.05. The standard InChI is InChI=1S/C18H20N2O5/c1-11-3-5-12(6-4-11)17-16(19-10-25-17)18(23)20-9-14(24-2)7-13(20)8-15(21)22/h3-6,10,13-14H,7-9H2,1-2H3,(H,21,22). The monoisotopic (exact) mass is 344 g/mol. The Labute approximate surface area is 145 Å². The maximum atomic E-state index is 13.0. The number of ether oxygens (including phenoxy) is 1. The highest BCUT2D eigenvalue weighted by Gasteiger charge is 2.38. The molecule has 1 N–H and O–H groups in total. The summed E-state index contributed by atoms with van der Waals surface area (Å²) >= 11 is 0. The van der Waals surface area contributed by atoms with E-state index in [1.165, 1.54) is 11.3 Å².